The van der Waals surface area contributed by atoms with Crippen LogP contribution in [0.15, 0.2) is 35.9 Å². The van der Waals surface area contributed by atoms with Crippen molar-refractivity contribution in [3.63, 3.8) is 0 Å². The molecule has 1 aromatic heterocycles. The number of aromatic nitrogens is 1. The van der Waals surface area contributed by atoms with E-state index < -0.39 is 10.4 Å². The zero-order valence-electron chi connectivity index (χ0n) is 19.6. The van der Waals surface area contributed by atoms with Gasteiger partial charge in [-0.25, -0.2) is 4.98 Å². The highest BCUT2D eigenvalue weighted by atomic mass is 32.3. The number of pyridine rings is 1. The standard InChI is InChI=1S/C26H34N2O4S/c1-3-5-15-28-16-13-20(14-17-28)25-23-11-7-19(6-4-2)18-22(23)9-8-21-10-12-24(27-26(21)25)32-33(29,30)31/h7,10-12,18H,3-6,8-9,13-17H2,1-2H3,(H,29,30,31). The highest BCUT2D eigenvalue weighted by Gasteiger charge is 2.26. The molecular formula is C26H34N2O4S. The van der Waals surface area contributed by atoms with Gasteiger partial charge in [-0.15, -0.1) is 0 Å². The Bertz CT molecular complexity index is 1130. The van der Waals surface area contributed by atoms with Crippen LogP contribution in [0.5, 0.6) is 5.88 Å². The Morgan fingerprint density at radius 1 is 1.00 bits per heavy atom. The first kappa shape index (κ1) is 23.9. The van der Waals surface area contributed by atoms with E-state index in [2.05, 4.69) is 41.9 Å². The fourth-order valence-electron chi connectivity index (χ4n) is 5.02. The summed E-state index contributed by atoms with van der Waals surface area (Å²) in [7, 11) is -4.63. The fraction of sp³-hybridized carbons (Fsp3) is 0.500. The van der Waals surface area contributed by atoms with E-state index in [0.717, 1.165) is 75.0 Å². The molecule has 0 radical (unpaired) electrons. The number of hydrogen-bond donors (Lipinski definition) is 1. The van der Waals surface area contributed by atoms with Crippen molar-refractivity contribution in [2.75, 3.05) is 19.6 Å². The molecule has 1 aliphatic heterocycles. The van der Waals surface area contributed by atoms with E-state index in [9.17, 15) is 13.0 Å². The van der Waals surface area contributed by atoms with Gasteiger partial charge in [-0.2, -0.15) is 8.42 Å². The molecule has 178 valence electrons. The summed E-state index contributed by atoms with van der Waals surface area (Å²) < 4.78 is 36.5. The summed E-state index contributed by atoms with van der Waals surface area (Å²) in [6.45, 7) is 7.61. The number of likely N-dealkylation sites (tertiary alicyclic amines) is 1. The third-order valence-electron chi connectivity index (χ3n) is 6.66. The molecule has 4 rings (SSSR count). The first-order valence-electron chi connectivity index (χ1n) is 12.1. The van der Waals surface area contributed by atoms with Crippen molar-refractivity contribution in [3.05, 3.63) is 63.9 Å². The van der Waals surface area contributed by atoms with Gasteiger partial charge in [0.25, 0.3) is 0 Å². The molecule has 7 heteroatoms. The average Bonchev–Trinajstić information content (AvgIpc) is 2.93. The Morgan fingerprint density at radius 3 is 2.45 bits per heavy atom. The number of piperidine rings is 1. The van der Waals surface area contributed by atoms with Crippen LogP contribution >= 0.6 is 0 Å². The summed E-state index contributed by atoms with van der Waals surface area (Å²) in [5.74, 6) is -0.0965. The minimum atomic E-state index is -4.63. The summed E-state index contributed by atoms with van der Waals surface area (Å²) in [4.78, 5) is 7.14. The SMILES string of the molecule is CCCCN1CCC(=C2c3ccc(CCC)cc3CCc3ccc(OS(=O)(=O)O)nc32)CC1. The molecule has 1 N–H and O–H groups in total. The molecule has 0 amide bonds. The van der Waals surface area contributed by atoms with Crippen molar-refractivity contribution in [2.24, 2.45) is 0 Å². The first-order chi connectivity index (χ1) is 15.9. The van der Waals surface area contributed by atoms with E-state index in [0.29, 0.717) is 0 Å². The van der Waals surface area contributed by atoms with Crippen LogP contribution in [-0.4, -0.2) is 42.5 Å². The highest BCUT2D eigenvalue weighted by molar-refractivity contribution is 7.81. The molecule has 6 nitrogen and oxygen atoms in total. The van der Waals surface area contributed by atoms with Crippen molar-refractivity contribution in [3.8, 4) is 5.88 Å². The van der Waals surface area contributed by atoms with Gasteiger partial charge in [0.1, 0.15) is 0 Å². The molecule has 33 heavy (non-hydrogen) atoms. The van der Waals surface area contributed by atoms with Crippen LogP contribution in [0.2, 0.25) is 0 Å². The summed E-state index contributed by atoms with van der Waals surface area (Å²) in [6, 6.07) is 10.2. The maximum atomic E-state index is 11.3. The van der Waals surface area contributed by atoms with Crippen molar-refractivity contribution >= 4 is 16.0 Å². The van der Waals surface area contributed by atoms with Crippen molar-refractivity contribution in [1.29, 1.82) is 0 Å². The lowest BCUT2D eigenvalue weighted by atomic mass is 9.87. The van der Waals surface area contributed by atoms with Crippen LogP contribution in [-0.2, 0) is 29.7 Å². The molecule has 2 heterocycles. The lowest BCUT2D eigenvalue weighted by molar-refractivity contribution is 0.253. The molecule has 1 fully saturated rings. The van der Waals surface area contributed by atoms with Crippen LogP contribution in [0, 0.1) is 0 Å². The fourth-order valence-corrected chi connectivity index (χ4v) is 5.33. The number of rotatable bonds is 7. The molecule has 1 saturated heterocycles. The first-order valence-corrected chi connectivity index (χ1v) is 13.5. The number of hydrogen-bond acceptors (Lipinski definition) is 5. The second-order valence-electron chi connectivity index (χ2n) is 9.08. The smallest absolute Gasteiger partial charge is 0.341 e. The van der Waals surface area contributed by atoms with Crippen LogP contribution in [0.1, 0.15) is 73.9 Å². The summed E-state index contributed by atoms with van der Waals surface area (Å²) in [5, 5.41) is 0. The molecule has 0 saturated carbocycles. The number of aryl methyl sites for hydroxylation is 3. The summed E-state index contributed by atoms with van der Waals surface area (Å²) in [5.41, 5.74) is 8.24. The van der Waals surface area contributed by atoms with Gasteiger partial charge in [-0.1, -0.05) is 56.5 Å². The lowest BCUT2D eigenvalue weighted by Gasteiger charge is -2.30. The molecular weight excluding hydrogens is 436 g/mol. The van der Waals surface area contributed by atoms with Gasteiger partial charge < -0.3 is 9.08 Å². The normalized spacial score (nSPS) is 16.8. The Balaban J connectivity index is 1.79. The molecule has 0 spiro atoms. The van der Waals surface area contributed by atoms with E-state index in [-0.39, 0.29) is 5.88 Å². The van der Waals surface area contributed by atoms with Crippen LogP contribution < -0.4 is 4.18 Å². The van der Waals surface area contributed by atoms with Gasteiger partial charge in [0, 0.05) is 24.7 Å². The molecule has 0 unspecified atom stereocenters. The highest BCUT2D eigenvalue weighted by Crippen LogP contribution is 2.39. The van der Waals surface area contributed by atoms with E-state index in [1.165, 1.54) is 41.2 Å². The van der Waals surface area contributed by atoms with Crippen LogP contribution in [0.4, 0.5) is 0 Å². The topological polar surface area (TPSA) is 79.7 Å². The van der Waals surface area contributed by atoms with Gasteiger partial charge in [-0.3, -0.25) is 4.55 Å². The third-order valence-corrected chi connectivity index (χ3v) is 7.04. The molecule has 0 bridgehead atoms. The maximum Gasteiger partial charge on any atom is 0.447 e. The number of nitrogens with zero attached hydrogens (tertiary/aromatic N) is 2. The predicted octanol–water partition coefficient (Wildman–Crippen LogP) is 5.01. The van der Waals surface area contributed by atoms with Crippen LogP contribution in [0.3, 0.4) is 0 Å². The second-order valence-corrected chi connectivity index (χ2v) is 10.1. The van der Waals surface area contributed by atoms with E-state index in [1.807, 2.05) is 6.07 Å². The van der Waals surface area contributed by atoms with Crippen molar-refractivity contribution in [2.45, 2.75) is 65.2 Å². The quantitative estimate of drug-likeness (QED) is 0.573. The van der Waals surface area contributed by atoms with Gasteiger partial charge in [0.05, 0.1) is 5.69 Å². The van der Waals surface area contributed by atoms with Gasteiger partial charge >= 0.3 is 10.4 Å². The molecule has 0 atom stereocenters. The maximum absolute atomic E-state index is 11.3. The van der Waals surface area contributed by atoms with Gasteiger partial charge in [-0.05, 0) is 67.3 Å². The third kappa shape index (κ3) is 5.83. The summed E-state index contributed by atoms with van der Waals surface area (Å²) >= 11 is 0. The van der Waals surface area contributed by atoms with E-state index in [4.69, 9.17) is 4.18 Å². The van der Waals surface area contributed by atoms with Crippen LogP contribution in [0.25, 0.3) is 5.57 Å². The summed E-state index contributed by atoms with van der Waals surface area (Å²) in [6.07, 6.45) is 8.28. The van der Waals surface area contributed by atoms with E-state index in [1.54, 1.807) is 0 Å². The van der Waals surface area contributed by atoms with E-state index >= 15 is 0 Å². The number of benzene rings is 1. The molecule has 2 aliphatic rings. The number of unbranched alkanes of at least 4 members (excludes halogenated alkanes) is 1. The Kier molecular flexibility index (Phi) is 7.51. The second kappa shape index (κ2) is 10.4. The minimum Gasteiger partial charge on any atom is -0.341 e. The van der Waals surface area contributed by atoms with Gasteiger partial charge in [0.2, 0.25) is 5.88 Å². The Hall–Kier alpha value is -2.22. The average molecular weight is 471 g/mol. The molecule has 1 aromatic carbocycles. The number of fused-ring (bicyclic) bond motifs is 2. The lowest BCUT2D eigenvalue weighted by Crippen LogP contribution is -2.32. The predicted molar refractivity (Wildman–Crippen MR) is 131 cm³/mol. The zero-order chi connectivity index (χ0) is 23.4. The molecule has 1 aliphatic carbocycles. The van der Waals surface area contributed by atoms with Crippen molar-refractivity contribution in [1.82, 2.24) is 9.88 Å². The monoisotopic (exact) mass is 470 g/mol. The minimum absolute atomic E-state index is 0.0965. The Labute approximate surface area is 197 Å². The largest absolute Gasteiger partial charge is 0.447 e. The zero-order valence-corrected chi connectivity index (χ0v) is 20.5. The molecule has 2 aromatic rings. The van der Waals surface area contributed by atoms with Gasteiger partial charge in [0.15, 0.2) is 0 Å². The van der Waals surface area contributed by atoms with Crippen molar-refractivity contribution < 1.29 is 17.2 Å². The Morgan fingerprint density at radius 2 is 1.76 bits per heavy atom.